The smallest absolute Gasteiger partial charge is 0.319 e. The van der Waals surface area contributed by atoms with Crippen molar-refractivity contribution in [2.45, 2.75) is 6.54 Å². The Kier molecular flexibility index (Phi) is 1.95. The molecule has 2 N–H and O–H groups in total. The first kappa shape index (κ1) is 8.50. The van der Waals surface area contributed by atoms with E-state index in [1.54, 1.807) is 6.07 Å². The molecule has 0 atom stereocenters. The number of rotatable bonds is 0. The lowest BCUT2D eigenvalue weighted by Crippen LogP contribution is -2.34. The summed E-state index contributed by atoms with van der Waals surface area (Å²) < 4.78 is 13.9. The first-order valence-electron chi connectivity index (χ1n) is 3.70. The van der Waals surface area contributed by atoms with Crippen LogP contribution in [0.3, 0.4) is 0 Å². The Morgan fingerprint density at radius 3 is 3.00 bits per heavy atom. The number of fused-ring (bicyclic) bond motifs is 1. The van der Waals surface area contributed by atoms with Gasteiger partial charge < -0.3 is 10.6 Å². The maximum absolute atomic E-state index is 13.2. The van der Waals surface area contributed by atoms with Crippen LogP contribution >= 0.6 is 15.9 Å². The number of benzene rings is 1. The van der Waals surface area contributed by atoms with Crippen LogP contribution in [0.2, 0.25) is 0 Å². The maximum atomic E-state index is 13.2. The molecule has 13 heavy (non-hydrogen) atoms. The lowest BCUT2D eigenvalue weighted by atomic mass is 10.1. The number of urea groups is 1. The molecule has 2 amide bonds. The molecule has 0 saturated heterocycles. The second-order valence-electron chi connectivity index (χ2n) is 2.69. The molecule has 1 heterocycles. The fraction of sp³-hybridized carbons (Fsp3) is 0.125. The topological polar surface area (TPSA) is 41.1 Å². The Morgan fingerprint density at radius 2 is 2.23 bits per heavy atom. The second kappa shape index (κ2) is 2.99. The lowest BCUT2D eigenvalue weighted by molar-refractivity contribution is 0.250. The zero-order valence-corrected chi connectivity index (χ0v) is 8.11. The summed E-state index contributed by atoms with van der Waals surface area (Å²) in [6, 6.07) is 2.63. The van der Waals surface area contributed by atoms with E-state index in [9.17, 15) is 9.18 Å². The van der Waals surface area contributed by atoms with Crippen LogP contribution in [0.5, 0.6) is 0 Å². The summed E-state index contributed by atoms with van der Waals surface area (Å²) in [5.41, 5.74) is 0.998. The highest BCUT2D eigenvalue weighted by Gasteiger charge is 2.19. The average molecular weight is 245 g/mol. The monoisotopic (exact) mass is 244 g/mol. The Bertz CT molecular complexity index is 381. The molecule has 0 aromatic heterocycles. The van der Waals surface area contributed by atoms with Gasteiger partial charge in [-0.1, -0.05) is 0 Å². The number of anilines is 1. The van der Waals surface area contributed by atoms with Gasteiger partial charge >= 0.3 is 6.03 Å². The van der Waals surface area contributed by atoms with Crippen molar-refractivity contribution in [1.29, 1.82) is 0 Å². The van der Waals surface area contributed by atoms with Gasteiger partial charge in [0.05, 0.1) is 5.69 Å². The van der Waals surface area contributed by atoms with Crippen molar-refractivity contribution in [2.24, 2.45) is 0 Å². The van der Waals surface area contributed by atoms with Crippen molar-refractivity contribution in [1.82, 2.24) is 5.32 Å². The molecule has 0 spiro atoms. The predicted molar refractivity (Wildman–Crippen MR) is 50.0 cm³/mol. The molecule has 0 unspecified atom stereocenters. The standard InChI is InChI=1S/C8H6BrFN2O/c9-5-1-2-6(10)4-3-11-8(13)12-7(4)5/h1-2H,3H2,(H2,11,12,13). The summed E-state index contributed by atoms with van der Waals surface area (Å²) in [5, 5.41) is 5.03. The van der Waals surface area contributed by atoms with Gasteiger partial charge in [-0.15, -0.1) is 0 Å². The van der Waals surface area contributed by atoms with E-state index in [4.69, 9.17) is 0 Å². The molecule has 1 aliphatic rings. The van der Waals surface area contributed by atoms with Gasteiger partial charge in [0.25, 0.3) is 0 Å². The zero-order valence-electron chi connectivity index (χ0n) is 6.53. The van der Waals surface area contributed by atoms with Gasteiger partial charge in [-0.2, -0.15) is 0 Å². The van der Waals surface area contributed by atoms with Gasteiger partial charge in [-0.3, -0.25) is 0 Å². The summed E-state index contributed by atoms with van der Waals surface area (Å²) in [5.74, 6) is -0.314. The Morgan fingerprint density at radius 1 is 1.46 bits per heavy atom. The number of halogens is 2. The van der Waals surface area contributed by atoms with Crippen LogP contribution in [-0.2, 0) is 6.54 Å². The molecular weight excluding hydrogens is 239 g/mol. The van der Waals surface area contributed by atoms with Crippen LogP contribution in [0.1, 0.15) is 5.56 Å². The van der Waals surface area contributed by atoms with Gasteiger partial charge in [0.15, 0.2) is 0 Å². The van der Waals surface area contributed by atoms with E-state index in [2.05, 4.69) is 26.6 Å². The van der Waals surface area contributed by atoms with E-state index in [-0.39, 0.29) is 18.4 Å². The number of nitrogens with one attached hydrogen (secondary N) is 2. The van der Waals surface area contributed by atoms with Crippen LogP contribution < -0.4 is 10.6 Å². The van der Waals surface area contributed by atoms with Crippen molar-refractivity contribution >= 4 is 27.6 Å². The number of hydrogen-bond donors (Lipinski definition) is 2. The third-order valence-electron chi connectivity index (χ3n) is 1.87. The molecule has 1 aromatic rings. The molecule has 0 bridgehead atoms. The lowest BCUT2D eigenvalue weighted by Gasteiger charge is -2.19. The van der Waals surface area contributed by atoms with Crippen LogP contribution in [0.15, 0.2) is 16.6 Å². The zero-order chi connectivity index (χ0) is 9.42. The molecule has 5 heteroatoms. The van der Waals surface area contributed by atoms with E-state index in [0.29, 0.717) is 15.7 Å². The molecule has 1 aromatic carbocycles. The highest BCUT2D eigenvalue weighted by Crippen LogP contribution is 2.30. The highest BCUT2D eigenvalue weighted by molar-refractivity contribution is 9.10. The van der Waals surface area contributed by atoms with Crippen LogP contribution in [0.25, 0.3) is 0 Å². The van der Waals surface area contributed by atoms with E-state index < -0.39 is 0 Å². The van der Waals surface area contributed by atoms with E-state index in [1.165, 1.54) is 6.07 Å². The summed E-state index contributed by atoms with van der Waals surface area (Å²) >= 11 is 3.23. The van der Waals surface area contributed by atoms with Gasteiger partial charge in [-0.05, 0) is 28.1 Å². The average Bonchev–Trinajstić information content (AvgIpc) is 2.12. The van der Waals surface area contributed by atoms with Crippen molar-refractivity contribution < 1.29 is 9.18 Å². The quantitative estimate of drug-likeness (QED) is 0.722. The van der Waals surface area contributed by atoms with Crippen LogP contribution in [0.4, 0.5) is 14.9 Å². The molecule has 68 valence electrons. The van der Waals surface area contributed by atoms with Gasteiger partial charge in [0.2, 0.25) is 0 Å². The third kappa shape index (κ3) is 1.39. The summed E-state index contributed by atoms with van der Waals surface area (Å²) in [7, 11) is 0. The SMILES string of the molecule is O=C1NCc2c(F)ccc(Br)c2N1. The number of hydrogen-bond acceptors (Lipinski definition) is 1. The molecular formula is C8H6BrFN2O. The molecule has 0 fully saturated rings. The normalized spacial score (nSPS) is 14.5. The maximum Gasteiger partial charge on any atom is 0.319 e. The highest BCUT2D eigenvalue weighted by atomic mass is 79.9. The van der Waals surface area contributed by atoms with Gasteiger partial charge in [-0.25, -0.2) is 9.18 Å². The molecule has 0 saturated carbocycles. The number of amides is 2. The minimum Gasteiger partial charge on any atom is -0.334 e. The first-order valence-corrected chi connectivity index (χ1v) is 4.49. The predicted octanol–water partition coefficient (Wildman–Crippen LogP) is 2.22. The Labute approximate surface area is 82.4 Å². The third-order valence-corrected chi connectivity index (χ3v) is 2.53. The van der Waals surface area contributed by atoms with Crippen LogP contribution in [-0.4, -0.2) is 6.03 Å². The van der Waals surface area contributed by atoms with Gasteiger partial charge in [0, 0.05) is 16.6 Å². The number of carbonyl (C=O) groups excluding carboxylic acids is 1. The Hall–Kier alpha value is -1.10. The molecule has 0 radical (unpaired) electrons. The van der Waals surface area contributed by atoms with Crippen molar-refractivity contribution in [3.05, 3.63) is 28.0 Å². The summed E-state index contributed by atoms with van der Waals surface area (Å²) in [4.78, 5) is 10.9. The van der Waals surface area contributed by atoms with Crippen molar-refractivity contribution in [3.63, 3.8) is 0 Å². The number of carbonyl (C=O) groups is 1. The van der Waals surface area contributed by atoms with E-state index in [1.807, 2.05) is 0 Å². The molecule has 2 rings (SSSR count). The fourth-order valence-electron chi connectivity index (χ4n) is 1.23. The van der Waals surface area contributed by atoms with Crippen molar-refractivity contribution in [2.75, 3.05) is 5.32 Å². The summed E-state index contributed by atoms with van der Waals surface area (Å²) in [6.45, 7) is 0.229. The Balaban J connectivity index is 2.57. The minimum absolute atomic E-state index is 0.229. The molecule has 0 aliphatic carbocycles. The molecule has 1 aliphatic heterocycles. The minimum atomic E-state index is -0.314. The largest absolute Gasteiger partial charge is 0.334 e. The van der Waals surface area contributed by atoms with E-state index in [0.717, 1.165) is 0 Å². The van der Waals surface area contributed by atoms with E-state index >= 15 is 0 Å². The summed E-state index contributed by atoms with van der Waals surface area (Å²) in [6.07, 6.45) is 0. The van der Waals surface area contributed by atoms with Crippen molar-refractivity contribution in [3.8, 4) is 0 Å². The van der Waals surface area contributed by atoms with Gasteiger partial charge in [0.1, 0.15) is 5.82 Å². The second-order valence-corrected chi connectivity index (χ2v) is 3.54. The fourth-order valence-corrected chi connectivity index (χ4v) is 1.70. The van der Waals surface area contributed by atoms with Crippen LogP contribution in [0, 0.1) is 5.82 Å². The first-order chi connectivity index (χ1) is 6.18. The molecule has 3 nitrogen and oxygen atoms in total.